The molecule has 0 saturated heterocycles. The van der Waals surface area contributed by atoms with Gasteiger partial charge in [-0.3, -0.25) is 9.20 Å². The fraction of sp³-hybridized carbons (Fsp3) is 0.308. The van der Waals surface area contributed by atoms with Gasteiger partial charge in [-0.2, -0.15) is 10.4 Å². The second-order valence-electron chi connectivity index (χ2n) is 4.24. The predicted molar refractivity (Wildman–Crippen MR) is 74.4 cm³/mol. The van der Waals surface area contributed by atoms with E-state index in [0.717, 1.165) is 22.5 Å². The molecular weight excluding hydrogens is 260 g/mol. The number of aryl methyl sites for hydroxylation is 2. The Hall–Kier alpha value is -2.13. The first-order valence-corrected chi connectivity index (χ1v) is 7.00. The molecule has 0 bridgehead atoms. The molecule has 0 amide bonds. The summed E-state index contributed by atoms with van der Waals surface area (Å²) in [6, 6.07) is 5.96. The monoisotopic (exact) mass is 272 g/mol. The van der Waals surface area contributed by atoms with E-state index in [-0.39, 0.29) is 5.56 Å². The molecule has 3 aromatic rings. The molecule has 0 spiro atoms. The molecule has 3 aromatic heterocycles. The van der Waals surface area contributed by atoms with Crippen molar-refractivity contribution in [3.63, 3.8) is 0 Å². The third-order valence-electron chi connectivity index (χ3n) is 3.12. The van der Waals surface area contributed by atoms with Gasteiger partial charge < -0.3 is 0 Å². The van der Waals surface area contributed by atoms with Crippen LogP contribution in [0.4, 0.5) is 0 Å². The van der Waals surface area contributed by atoms with Crippen molar-refractivity contribution < 1.29 is 0 Å². The smallest absolute Gasteiger partial charge is 0.290 e. The Morgan fingerprint density at radius 1 is 1.47 bits per heavy atom. The van der Waals surface area contributed by atoms with Crippen molar-refractivity contribution in [2.24, 2.45) is 0 Å². The van der Waals surface area contributed by atoms with Crippen LogP contribution in [0.3, 0.4) is 0 Å². The van der Waals surface area contributed by atoms with Crippen LogP contribution in [0.2, 0.25) is 0 Å². The van der Waals surface area contributed by atoms with E-state index in [1.807, 2.05) is 34.9 Å². The number of nitriles is 1. The third-order valence-corrected chi connectivity index (χ3v) is 3.98. The molecular formula is C13H12N4OS. The summed E-state index contributed by atoms with van der Waals surface area (Å²) in [5, 5.41) is 15.0. The highest BCUT2D eigenvalue weighted by molar-refractivity contribution is 7.17. The van der Waals surface area contributed by atoms with Crippen LogP contribution in [0.5, 0.6) is 0 Å². The molecule has 0 N–H and O–H groups in total. The molecule has 0 aliphatic heterocycles. The van der Waals surface area contributed by atoms with E-state index in [2.05, 4.69) is 5.10 Å². The SMILES string of the molecule is CCc1nn(CCC#N)c(=O)c2cc3sccc3n12. The molecule has 6 heteroatoms. The average Bonchev–Trinajstić information content (AvgIpc) is 2.99. The van der Waals surface area contributed by atoms with Crippen molar-refractivity contribution in [1.82, 2.24) is 14.2 Å². The fourth-order valence-corrected chi connectivity index (χ4v) is 3.06. The van der Waals surface area contributed by atoms with Crippen LogP contribution in [-0.2, 0) is 13.0 Å². The minimum Gasteiger partial charge on any atom is -0.290 e. The summed E-state index contributed by atoms with van der Waals surface area (Å²) in [5.74, 6) is 0.848. The van der Waals surface area contributed by atoms with Gasteiger partial charge in [-0.1, -0.05) is 6.92 Å². The highest BCUT2D eigenvalue weighted by Crippen LogP contribution is 2.24. The zero-order valence-corrected chi connectivity index (χ0v) is 11.3. The highest BCUT2D eigenvalue weighted by atomic mass is 32.1. The van der Waals surface area contributed by atoms with E-state index in [9.17, 15) is 4.79 Å². The van der Waals surface area contributed by atoms with Gasteiger partial charge in [0.05, 0.1) is 29.3 Å². The lowest BCUT2D eigenvalue weighted by atomic mass is 10.4. The fourth-order valence-electron chi connectivity index (χ4n) is 2.26. The zero-order chi connectivity index (χ0) is 13.4. The van der Waals surface area contributed by atoms with Crippen LogP contribution in [0.25, 0.3) is 15.7 Å². The minimum atomic E-state index is -0.129. The maximum Gasteiger partial charge on any atom is 0.291 e. The molecule has 0 fully saturated rings. The first kappa shape index (κ1) is 11.9. The van der Waals surface area contributed by atoms with Crippen molar-refractivity contribution in [1.29, 1.82) is 5.26 Å². The first-order chi connectivity index (χ1) is 9.26. The van der Waals surface area contributed by atoms with Gasteiger partial charge in [-0.25, -0.2) is 4.68 Å². The van der Waals surface area contributed by atoms with Crippen molar-refractivity contribution in [3.8, 4) is 6.07 Å². The average molecular weight is 272 g/mol. The van der Waals surface area contributed by atoms with Crippen LogP contribution in [0.1, 0.15) is 19.2 Å². The Morgan fingerprint density at radius 3 is 3.05 bits per heavy atom. The van der Waals surface area contributed by atoms with Crippen molar-refractivity contribution in [2.75, 3.05) is 0 Å². The van der Waals surface area contributed by atoms with Gasteiger partial charge in [0.15, 0.2) is 0 Å². The molecule has 3 rings (SSSR count). The second kappa shape index (κ2) is 4.52. The number of hydrogen-bond acceptors (Lipinski definition) is 4. The number of hydrogen-bond donors (Lipinski definition) is 0. The van der Waals surface area contributed by atoms with Crippen molar-refractivity contribution in [3.05, 3.63) is 33.7 Å². The summed E-state index contributed by atoms with van der Waals surface area (Å²) >= 11 is 1.62. The number of aromatic nitrogens is 3. The molecule has 0 aliphatic carbocycles. The molecule has 0 unspecified atom stereocenters. The molecule has 0 aromatic carbocycles. The van der Waals surface area contributed by atoms with Crippen LogP contribution in [0, 0.1) is 11.3 Å². The molecule has 0 aliphatic rings. The molecule has 96 valence electrons. The lowest BCUT2D eigenvalue weighted by Crippen LogP contribution is -2.26. The van der Waals surface area contributed by atoms with Gasteiger partial charge >= 0.3 is 0 Å². The van der Waals surface area contributed by atoms with Gasteiger partial charge in [-0.05, 0) is 17.5 Å². The van der Waals surface area contributed by atoms with Crippen LogP contribution in [0.15, 0.2) is 22.3 Å². The Balaban J connectivity index is 2.36. The standard InChI is InChI=1S/C13H12N4OS/c1-2-12-15-16(6-3-5-14)13(18)10-8-11-9(17(10)12)4-7-19-11/h4,7-8H,2-3,6H2,1H3. The first-order valence-electron chi connectivity index (χ1n) is 6.12. The van der Waals surface area contributed by atoms with Crippen molar-refractivity contribution >= 4 is 27.1 Å². The molecule has 3 heterocycles. The van der Waals surface area contributed by atoms with Gasteiger partial charge in [0, 0.05) is 6.42 Å². The lowest BCUT2D eigenvalue weighted by Gasteiger charge is -2.08. The summed E-state index contributed by atoms with van der Waals surface area (Å²) in [5.41, 5.74) is 1.55. The normalized spacial score (nSPS) is 11.2. The molecule has 0 radical (unpaired) electrons. The van der Waals surface area contributed by atoms with Gasteiger partial charge in [-0.15, -0.1) is 11.3 Å². The Labute approximate surface area is 113 Å². The van der Waals surface area contributed by atoms with Crippen LogP contribution in [-0.4, -0.2) is 14.2 Å². The predicted octanol–water partition coefficient (Wildman–Crippen LogP) is 2.19. The van der Waals surface area contributed by atoms with E-state index < -0.39 is 0 Å². The quantitative estimate of drug-likeness (QED) is 0.734. The lowest BCUT2D eigenvalue weighted by molar-refractivity contribution is 0.564. The third kappa shape index (κ3) is 1.74. The number of thiophene rings is 1. The molecule has 5 nitrogen and oxygen atoms in total. The topological polar surface area (TPSA) is 63.1 Å². The van der Waals surface area contributed by atoms with E-state index in [1.54, 1.807) is 11.3 Å². The summed E-state index contributed by atoms with van der Waals surface area (Å²) in [6.07, 6.45) is 1.03. The minimum absolute atomic E-state index is 0.129. The number of rotatable bonds is 3. The van der Waals surface area contributed by atoms with Gasteiger partial charge in [0.25, 0.3) is 5.56 Å². The van der Waals surface area contributed by atoms with Crippen LogP contribution < -0.4 is 5.56 Å². The van der Waals surface area contributed by atoms with Gasteiger partial charge in [0.2, 0.25) is 0 Å². The Morgan fingerprint density at radius 2 is 2.32 bits per heavy atom. The van der Waals surface area contributed by atoms with Crippen LogP contribution >= 0.6 is 11.3 Å². The Bertz CT molecular complexity index is 849. The summed E-state index contributed by atoms with van der Waals surface area (Å²) in [6.45, 7) is 2.36. The number of nitrogens with zero attached hydrogens (tertiary/aromatic N) is 4. The Kier molecular flexibility index (Phi) is 2.84. The van der Waals surface area contributed by atoms with E-state index in [4.69, 9.17) is 5.26 Å². The second-order valence-corrected chi connectivity index (χ2v) is 5.19. The highest BCUT2D eigenvalue weighted by Gasteiger charge is 2.13. The molecule has 0 saturated carbocycles. The van der Waals surface area contributed by atoms with E-state index >= 15 is 0 Å². The van der Waals surface area contributed by atoms with E-state index in [0.29, 0.717) is 18.5 Å². The van der Waals surface area contributed by atoms with E-state index in [1.165, 1.54) is 4.68 Å². The maximum atomic E-state index is 12.3. The summed E-state index contributed by atoms with van der Waals surface area (Å²) < 4.78 is 4.42. The van der Waals surface area contributed by atoms with Gasteiger partial charge in [0.1, 0.15) is 11.3 Å². The number of fused-ring (bicyclic) bond motifs is 3. The summed E-state index contributed by atoms with van der Waals surface area (Å²) in [7, 11) is 0. The maximum absolute atomic E-state index is 12.3. The largest absolute Gasteiger partial charge is 0.291 e. The molecule has 0 atom stereocenters. The van der Waals surface area contributed by atoms with Crippen molar-refractivity contribution in [2.45, 2.75) is 26.3 Å². The summed E-state index contributed by atoms with van der Waals surface area (Å²) in [4.78, 5) is 12.3. The molecule has 19 heavy (non-hydrogen) atoms. The zero-order valence-electron chi connectivity index (χ0n) is 10.5.